The average Bonchev–Trinajstić information content (AvgIpc) is 4.02. The summed E-state index contributed by atoms with van der Waals surface area (Å²) < 4.78 is 8.19. The van der Waals surface area contributed by atoms with Crippen molar-refractivity contribution in [3.63, 3.8) is 0 Å². The molecule has 0 atom stereocenters. The quantitative estimate of drug-likeness (QED) is 0.170. The minimum atomic E-state index is -0.535. The first-order valence-corrected chi connectivity index (χ1v) is 24.9. The van der Waals surface area contributed by atoms with Crippen molar-refractivity contribution in [3.05, 3.63) is 163 Å². The van der Waals surface area contributed by atoms with Gasteiger partial charge in [0.05, 0.1) is 23.3 Å². The molecule has 8 bridgehead atoms. The molecule has 70 heavy (non-hydrogen) atoms. The summed E-state index contributed by atoms with van der Waals surface area (Å²) in [5.74, 6) is 1.64. The Morgan fingerprint density at radius 1 is 0.357 bits per heavy atom. The summed E-state index contributed by atoms with van der Waals surface area (Å²) in [7, 11) is 0. The Hall–Kier alpha value is -5.26. The molecule has 0 spiro atoms. The second-order valence-electron chi connectivity index (χ2n) is 21.4. The minimum absolute atomic E-state index is 0.394. The normalized spacial score (nSPS) is 13.5. The fraction of sp³-hybridized carbons (Fsp3) is 0.286. The molecule has 0 unspecified atom stereocenters. The Morgan fingerprint density at radius 2 is 0.629 bits per heavy atom. The van der Waals surface area contributed by atoms with Crippen LogP contribution >= 0.6 is 46.4 Å². The molecule has 9 nitrogen and oxygen atoms in total. The van der Waals surface area contributed by atoms with E-state index < -0.39 is 21.7 Å². The topological polar surface area (TPSA) is 123 Å². The van der Waals surface area contributed by atoms with Crippen molar-refractivity contribution in [1.29, 1.82) is 0 Å². The van der Waals surface area contributed by atoms with Gasteiger partial charge >= 0.3 is 21.0 Å². The van der Waals surface area contributed by atoms with E-state index in [4.69, 9.17) is 89.9 Å². The second-order valence-corrected chi connectivity index (χ2v) is 23.0. The molecule has 2 aliphatic rings. The Balaban J connectivity index is 0.00000325. The van der Waals surface area contributed by atoms with E-state index in [-0.39, 0.29) is 0 Å². The van der Waals surface area contributed by atoms with Crippen molar-refractivity contribution in [1.82, 2.24) is 39.9 Å². The number of halogens is 4. The van der Waals surface area contributed by atoms with E-state index in [9.17, 15) is 0 Å². The van der Waals surface area contributed by atoms with Crippen LogP contribution in [0.3, 0.4) is 0 Å². The molecule has 4 aromatic carbocycles. The molecular formula is C56H52Cl4N8OV. The number of hydrogen-bond donors (Lipinski definition) is 0. The van der Waals surface area contributed by atoms with Crippen LogP contribution in [0.2, 0.25) is 20.1 Å². The van der Waals surface area contributed by atoms with Gasteiger partial charge in [-0.15, -0.1) is 0 Å². The first kappa shape index (κ1) is 51.1. The Morgan fingerprint density at radius 3 is 0.900 bits per heavy atom. The molecule has 0 aliphatic carbocycles. The Bertz CT molecular complexity index is 3240. The van der Waals surface area contributed by atoms with Gasteiger partial charge in [0.1, 0.15) is 0 Å². The van der Waals surface area contributed by atoms with Gasteiger partial charge in [-0.2, -0.15) is 0 Å². The standard InChI is InChI=1S/C56H52Cl4N8.O.V/c1-53(2,3)41-37(29-21-13-17-25-33(29)57)45-61-49(41)65-46-38(30-22-14-18-26-34(30)58)42(54(4,5)6)51(62-46)67-48-40(32-24-16-20-28-36(32)60)44(56(10,11)12)52(64-48)68-47-39(31-23-15-19-27-35(31)59)43(55(7,8)9)50(63-47)66-45;;/h13-28H,1-12H3;;/q-2;;+2. The number of aromatic nitrogens is 8. The summed E-state index contributed by atoms with van der Waals surface area (Å²) >= 11 is 29.7. The molecule has 0 radical (unpaired) electrons. The maximum absolute atomic E-state index is 8.19. The Kier molecular flexibility index (Phi) is 13.9. The van der Waals surface area contributed by atoms with Gasteiger partial charge in [-0.25, -0.2) is 9.97 Å². The molecule has 0 amide bonds. The van der Waals surface area contributed by atoms with Crippen molar-refractivity contribution in [3.8, 4) is 22.3 Å². The maximum atomic E-state index is 8.19. The van der Waals surface area contributed by atoms with Crippen molar-refractivity contribution in [2.24, 2.45) is 10.8 Å². The Labute approximate surface area is 438 Å². The summed E-state index contributed by atoms with van der Waals surface area (Å²) in [6.45, 7) is 25.7. The van der Waals surface area contributed by atoms with Gasteiger partial charge in [-0.3, -0.25) is 0 Å². The van der Waals surface area contributed by atoms with Gasteiger partial charge < -0.3 is 29.9 Å². The predicted molar refractivity (Wildman–Crippen MR) is 283 cm³/mol. The molecule has 7 aromatic rings. The molecule has 0 N–H and O–H groups in total. The van der Waals surface area contributed by atoms with Gasteiger partial charge in [0.15, 0.2) is 0 Å². The van der Waals surface area contributed by atoms with Gasteiger partial charge in [0.2, 0.25) is 0 Å². The van der Waals surface area contributed by atoms with Crippen molar-refractivity contribution in [2.75, 3.05) is 0 Å². The SMILES string of the molecule is CC(C)(C)C1=C(c2ccccc2Cl)c2nc1nc1[n-]c(nc3nc(nc4[n-]c(n2)c(C(C)(C)C)c4-c2ccccc2Cl)C(C(C)(C)C)=C3c2ccccc2Cl)c(C(C)(C)C)c1-c1ccccc1Cl.[O]=[V+2]. The molecule has 355 valence electrons. The van der Waals surface area contributed by atoms with Crippen LogP contribution in [0.1, 0.15) is 129 Å². The van der Waals surface area contributed by atoms with Crippen LogP contribution in [0.25, 0.3) is 67.1 Å². The fourth-order valence-corrected chi connectivity index (χ4v) is 10.2. The first-order valence-electron chi connectivity index (χ1n) is 22.8. The fourth-order valence-electron chi connectivity index (χ4n) is 9.31. The van der Waals surface area contributed by atoms with Crippen LogP contribution in [0.15, 0.2) is 97.1 Å². The third-order valence-electron chi connectivity index (χ3n) is 12.1. The molecule has 2 aliphatic heterocycles. The summed E-state index contributed by atoms with van der Waals surface area (Å²) in [5.41, 5.74) is 8.79. The number of nitrogens with zero attached hydrogens (tertiary/aromatic N) is 8. The van der Waals surface area contributed by atoms with Crippen LogP contribution in [0.4, 0.5) is 0 Å². The molecule has 0 saturated heterocycles. The van der Waals surface area contributed by atoms with E-state index in [1.54, 1.807) is 0 Å². The molecule has 0 saturated carbocycles. The molecule has 9 rings (SSSR count). The van der Waals surface area contributed by atoms with Crippen LogP contribution < -0.4 is 9.97 Å². The molecule has 0 fully saturated rings. The number of fused-ring (bicyclic) bond motifs is 8. The van der Waals surface area contributed by atoms with Crippen LogP contribution in [-0.4, -0.2) is 29.9 Å². The van der Waals surface area contributed by atoms with Crippen LogP contribution in [0, 0.1) is 10.8 Å². The summed E-state index contributed by atoms with van der Waals surface area (Å²) in [5, 5.41) is 2.16. The summed E-state index contributed by atoms with van der Waals surface area (Å²) in [4.78, 5) is 43.5. The van der Waals surface area contributed by atoms with Crippen molar-refractivity contribution < 1.29 is 21.0 Å². The molecule has 14 heteroatoms. The third-order valence-corrected chi connectivity index (χ3v) is 13.4. The number of rotatable bonds is 4. The van der Waals surface area contributed by atoms with E-state index in [1.165, 1.54) is 0 Å². The van der Waals surface area contributed by atoms with Crippen molar-refractivity contribution in [2.45, 2.75) is 93.9 Å². The third kappa shape index (κ3) is 9.49. The summed E-state index contributed by atoms with van der Waals surface area (Å²) in [6.07, 6.45) is 0. The zero-order chi connectivity index (χ0) is 50.8. The average molecular weight is 1050 g/mol. The van der Waals surface area contributed by atoms with E-state index >= 15 is 0 Å². The van der Waals surface area contributed by atoms with Gasteiger partial charge in [-0.1, -0.05) is 202 Å². The van der Waals surface area contributed by atoms with Crippen LogP contribution in [-0.2, 0) is 31.9 Å². The van der Waals surface area contributed by atoms with Gasteiger partial charge in [0.25, 0.3) is 0 Å². The summed E-state index contributed by atoms with van der Waals surface area (Å²) in [6, 6.07) is 31.0. The van der Waals surface area contributed by atoms with E-state index in [1.807, 2.05) is 97.1 Å². The predicted octanol–water partition coefficient (Wildman–Crippen LogP) is 15.6. The number of allylic oxidation sites excluding steroid dienone is 2. The zero-order valence-electron chi connectivity index (χ0n) is 41.2. The van der Waals surface area contributed by atoms with Gasteiger partial charge in [-0.05, 0) is 68.2 Å². The van der Waals surface area contributed by atoms with Crippen molar-refractivity contribution >= 4 is 91.3 Å². The monoisotopic (exact) mass is 1040 g/mol. The van der Waals surface area contributed by atoms with E-state index in [0.29, 0.717) is 66.0 Å². The second kappa shape index (κ2) is 19.1. The first-order chi connectivity index (χ1) is 32.9. The molecular weight excluding hydrogens is 993 g/mol. The van der Waals surface area contributed by atoms with Crippen LogP contribution in [0.5, 0.6) is 0 Å². The van der Waals surface area contributed by atoms with E-state index in [0.717, 1.165) is 84.2 Å². The number of benzene rings is 4. The van der Waals surface area contributed by atoms with E-state index in [2.05, 4.69) is 83.1 Å². The molecule has 3 aromatic heterocycles. The molecule has 5 heterocycles. The number of hydrogen-bond acceptors (Lipinski definition) is 7. The zero-order valence-corrected chi connectivity index (χ0v) is 45.6. The van der Waals surface area contributed by atoms with Gasteiger partial charge in [0, 0.05) is 87.2 Å².